The summed E-state index contributed by atoms with van der Waals surface area (Å²) in [6, 6.07) is 8.03. The summed E-state index contributed by atoms with van der Waals surface area (Å²) in [5.74, 6) is 0.226. The van der Waals surface area contributed by atoms with Crippen LogP contribution in [-0.2, 0) is 10.0 Å². The van der Waals surface area contributed by atoms with Gasteiger partial charge in [0.25, 0.3) is 0 Å². The largest absolute Gasteiger partial charge is 0.241 e. The average Bonchev–Trinajstić information content (AvgIpc) is 2.26. The van der Waals surface area contributed by atoms with E-state index in [-0.39, 0.29) is 16.4 Å². The van der Waals surface area contributed by atoms with Crippen LogP contribution in [0, 0.1) is 17.2 Å². The number of nitrogens with one attached hydrogen (secondary N) is 1. The highest BCUT2D eigenvalue weighted by Crippen LogP contribution is 2.14. The highest BCUT2D eigenvalue weighted by molar-refractivity contribution is 7.89. The van der Waals surface area contributed by atoms with Gasteiger partial charge in [-0.05, 0) is 18.1 Å². The second-order valence-corrected chi connectivity index (χ2v) is 5.59. The number of hydrogen-bond acceptors (Lipinski definition) is 3. The van der Waals surface area contributed by atoms with Gasteiger partial charge in [0.1, 0.15) is 6.07 Å². The third-order valence-electron chi connectivity index (χ3n) is 1.98. The number of sulfonamides is 1. The molecule has 5 heteroatoms. The molecule has 0 unspecified atom stereocenters. The van der Waals surface area contributed by atoms with Gasteiger partial charge in [-0.15, -0.1) is 0 Å². The SMILES string of the molecule is CC(C)CNS(=O)(=O)c1ccccc1C#N. The maximum absolute atomic E-state index is 11.9. The van der Waals surface area contributed by atoms with E-state index in [9.17, 15) is 8.42 Å². The molecule has 4 nitrogen and oxygen atoms in total. The number of nitrogens with zero attached hydrogens (tertiary/aromatic N) is 1. The molecule has 0 saturated heterocycles. The van der Waals surface area contributed by atoms with Crippen molar-refractivity contribution in [3.63, 3.8) is 0 Å². The van der Waals surface area contributed by atoms with Crippen LogP contribution in [0.25, 0.3) is 0 Å². The van der Waals surface area contributed by atoms with Crippen LogP contribution < -0.4 is 4.72 Å². The zero-order chi connectivity index (χ0) is 12.2. The number of rotatable bonds is 4. The quantitative estimate of drug-likeness (QED) is 0.864. The highest BCUT2D eigenvalue weighted by atomic mass is 32.2. The van der Waals surface area contributed by atoms with E-state index in [2.05, 4.69) is 4.72 Å². The zero-order valence-electron chi connectivity index (χ0n) is 9.27. The van der Waals surface area contributed by atoms with Crippen molar-refractivity contribution < 1.29 is 8.42 Å². The molecule has 0 atom stereocenters. The number of benzene rings is 1. The average molecular weight is 238 g/mol. The van der Waals surface area contributed by atoms with E-state index in [1.807, 2.05) is 19.9 Å². The molecule has 0 bridgehead atoms. The third-order valence-corrected chi connectivity index (χ3v) is 3.46. The van der Waals surface area contributed by atoms with Crippen LogP contribution in [0.5, 0.6) is 0 Å². The smallest absolute Gasteiger partial charge is 0.211 e. The molecule has 1 aromatic carbocycles. The monoisotopic (exact) mass is 238 g/mol. The van der Waals surface area contributed by atoms with Gasteiger partial charge < -0.3 is 0 Å². The molecule has 1 rings (SSSR count). The fraction of sp³-hybridized carbons (Fsp3) is 0.364. The summed E-state index contributed by atoms with van der Waals surface area (Å²) < 4.78 is 26.2. The number of hydrogen-bond donors (Lipinski definition) is 1. The summed E-state index contributed by atoms with van der Waals surface area (Å²) in [6.45, 7) is 4.19. The Balaban J connectivity index is 3.04. The highest BCUT2D eigenvalue weighted by Gasteiger charge is 2.17. The van der Waals surface area contributed by atoms with Gasteiger partial charge in [0.05, 0.1) is 10.5 Å². The lowest BCUT2D eigenvalue weighted by Crippen LogP contribution is -2.28. The Morgan fingerprint density at radius 1 is 1.38 bits per heavy atom. The zero-order valence-corrected chi connectivity index (χ0v) is 10.1. The Bertz CT molecular complexity index is 501. The van der Waals surface area contributed by atoms with Crippen LogP contribution in [0.3, 0.4) is 0 Å². The first-order valence-electron chi connectivity index (χ1n) is 4.96. The molecule has 1 aromatic rings. The van der Waals surface area contributed by atoms with E-state index < -0.39 is 10.0 Å². The molecule has 0 fully saturated rings. The summed E-state index contributed by atoms with van der Waals surface area (Å²) in [4.78, 5) is 0.0400. The molecule has 0 spiro atoms. The van der Waals surface area contributed by atoms with Crippen LogP contribution in [0.15, 0.2) is 29.2 Å². The van der Waals surface area contributed by atoms with E-state index >= 15 is 0 Å². The van der Waals surface area contributed by atoms with Gasteiger partial charge in [-0.25, -0.2) is 13.1 Å². The van der Waals surface area contributed by atoms with Crippen molar-refractivity contribution in [1.82, 2.24) is 4.72 Å². The standard InChI is InChI=1S/C11H14N2O2S/c1-9(2)8-13-16(14,15)11-6-4-3-5-10(11)7-12/h3-6,9,13H,8H2,1-2H3. The Morgan fingerprint density at radius 2 is 2.00 bits per heavy atom. The normalized spacial score (nSPS) is 11.4. The van der Waals surface area contributed by atoms with Crippen molar-refractivity contribution >= 4 is 10.0 Å². The van der Waals surface area contributed by atoms with Crippen molar-refractivity contribution in [1.29, 1.82) is 5.26 Å². The van der Waals surface area contributed by atoms with Crippen molar-refractivity contribution in [3.05, 3.63) is 29.8 Å². The Labute approximate surface area is 96.0 Å². The molecular formula is C11H14N2O2S. The van der Waals surface area contributed by atoms with E-state index in [0.29, 0.717) is 6.54 Å². The fourth-order valence-corrected chi connectivity index (χ4v) is 2.52. The first-order valence-corrected chi connectivity index (χ1v) is 6.44. The summed E-state index contributed by atoms with van der Waals surface area (Å²) in [5.41, 5.74) is 0.166. The minimum Gasteiger partial charge on any atom is -0.211 e. The Morgan fingerprint density at radius 3 is 2.56 bits per heavy atom. The molecule has 0 heterocycles. The Hall–Kier alpha value is -1.38. The minimum atomic E-state index is -3.57. The summed E-state index contributed by atoms with van der Waals surface area (Å²) >= 11 is 0. The predicted molar refractivity (Wildman–Crippen MR) is 61.2 cm³/mol. The lowest BCUT2D eigenvalue weighted by atomic mass is 10.2. The summed E-state index contributed by atoms with van der Waals surface area (Å²) in [7, 11) is -3.57. The Kier molecular flexibility index (Phi) is 4.05. The van der Waals surface area contributed by atoms with Gasteiger partial charge in [-0.3, -0.25) is 0 Å². The maximum Gasteiger partial charge on any atom is 0.241 e. The molecular weight excluding hydrogens is 224 g/mol. The predicted octanol–water partition coefficient (Wildman–Crippen LogP) is 1.49. The number of nitriles is 1. The van der Waals surface area contributed by atoms with Crippen molar-refractivity contribution in [2.24, 2.45) is 5.92 Å². The van der Waals surface area contributed by atoms with E-state index in [1.165, 1.54) is 12.1 Å². The van der Waals surface area contributed by atoms with Crippen LogP contribution in [-0.4, -0.2) is 15.0 Å². The minimum absolute atomic E-state index is 0.0400. The van der Waals surface area contributed by atoms with Crippen LogP contribution in [0.1, 0.15) is 19.4 Å². The molecule has 0 aliphatic rings. The molecule has 0 saturated carbocycles. The van der Waals surface area contributed by atoms with E-state index in [1.54, 1.807) is 12.1 Å². The second-order valence-electron chi connectivity index (χ2n) is 3.85. The molecule has 0 radical (unpaired) electrons. The second kappa shape index (κ2) is 5.10. The molecule has 16 heavy (non-hydrogen) atoms. The van der Waals surface area contributed by atoms with Gasteiger partial charge in [-0.1, -0.05) is 26.0 Å². The molecule has 0 aromatic heterocycles. The first kappa shape index (κ1) is 12.7. The van der Waals surface area contributed by atoms with Crippen molar-refractivity contribution in [2.75, 3.05) is 6.54 Å². The molecule has 0 amide bonds. The molecule has 1 N–H and O–H groups in total. The van der Waals surface area contributed by atoms with Gasteiger partial charge in [-0.2, -0.15) is 5.26 Å². The lowest BCUT2D eigenvalue weighted by Gasteiger charge is -2.09. The van der Waals surface area contributed by atoms with Crippen LogP contribution in [0.4, 0.5) is 0 Å². The van der Waals surface area contributed by atoms with Crippen molar-refractivity contribution in [3.8, 4) is 6.07 Å². The first-order chi connectivity index (χ1) is 7.47. The molecule has 86 valence electrons. The van der Waals surface area contributed by atoms with Gasteiger partial charge in [0.2, 0.25) is 10.0 Å². The topological polar surface area (TPSA) is 70.0 Å². The van der Waals surface area contributed by atoms with Gasteiger partial charge in [0, 0.05) is 6.54 Å². The van der Waals surface area contributed by atoms with Crippen molar-refractivity contribution in [2.45, 2.75) is 18.7 Å². The molecule has 0 aliphatic heterocycles. The van der Waals surface area contributed by atoms with Gasteiger partial charge in [0.15, 0.2) is 0 Å². The van der Waals surface area contributed by atoms with Gasteiger partial charge >= 0.3 is 0 Å². The summed E-state index contributed by atoms with van der Waals surface area (Å²) in [5, 5.41) is 8.82. The third kappa shape index (κ3) is 3.05. The molecule has 0 aliphatic carbocycles. The van der Waals surface area contributed by atoms with E-state index in [4.69, 9.17) is 5.26 Å². The fourth-order valence-electron chi connectivity index (χ4n) is 1.15. The summed E-state index contributed by atoms with van der Waals surface area (Å²) in [6.07, 6.45) is 0. The lowest BCUT2D eigenvalue weighted by molar-refractivity contribution is 0.560. The van der Waals surface area contributed by atoms with Crippen LogP contribution >= 0.6 is 0 Å². The van der Waals surface area contributed by atoms with E-state index in [0.717, 1.165) is 0 Å². The van der Waals surface area contributed by atoms with Crippen LogP contribution in [0.2, 0.25) is 0 Å². The maximum atomic E-state index is 11.9.